The number of halogens is 3. The van der Waals surface area contributed by atoms with Gasteiger partial charge in [-0.1, -0.05) is 42.5 Å². The number of aliphatic hydroxyl groups excluding tert-OH is 1. The summed E-state index contributed by atoms with van der Waals surface area (Å²) in [4.78, 5) is 5.24. The van der Waals surface area contributed by atoms with E-state index < -0.39 is 41.9 Å². The largest absolute Gasteiger partial charge is 0.495 e. The van der Waals surface area contributed by atoms with Crippen LogP contribution >= 0.6 is 0 Å². The zero-order valence-corrected chi connectivity index (χ0v) is 20.7. The summed E-state index contributed by atoms with van der Waals surface area (Å²) >= 11 is 0. The minimum atomic E-state index is -4.45. The van der Waals surface area contributed by atoms with Crippen molar-refractivity contribution in [2.45, 2.75) is 29.4 Å². The van der Waals surface area contributed by atoms with E-state index in [2.05, 4.69) is 11.1 Å². The van der Waals surface area contributed by atoms with Crippen LogP contribution in [-0.4, -0.2) is 59.6 Å². The molecule has 1 aliphatic carbocycles. The molecular weight excluding hydrogens is 499 g/mol. The van der Waals surface area contributed by atoms with E-state index in [1.807, 2.05) is 0 Å². The topological polar surface area (TPSA) is 98.8 Å². The molecule has 1 aliphatic heterocycles. The summed E-state index contributed by atoms with van der Waals surface area (Å²) in [6, 6.07) is 17.5. The standard InChI is InChI=1S/C28H26F3N3O4/c1-34(16-26(29,30)31)15-20-23(18-6-4-3-5-7-18)28(19-10-8-17(12-32)9-11-19)27(36,25(20)35)24-21(37-2)13-33-14-22(24)38-28/h3-11,13-14,20,23,25,35-36H,15-16H2,1-2H3/t20-,23-,25-,27+,28+/m1/s1. The van der Waals surface area contributed by atoms with Gasteiger partial charge in [0.05, 0.1) is 49.3 Å². The third-order valence-electron chi connectivity index (χ3n) is 7.59. The Morgan fingerprint density at radius 2 is 1.82 bits per heavy atom. The molecule has 1 saturated carbocycles. The predicted molar refractivity (Wildman–Crippen MR) is 130 cm³/mol. The fourth-order valence-corrected chi connectivity index (χ4v) is 6.26. The van der Waals surface area contributed by atoms with E-state index >= 15 is 0 Å². The molecule has 5 atom stereocenters. The molecule has 10 heteroatoms. The Labute approximate surface area is 217 Å². The van der Waals surface area contributed by atoms with Gasteiger partial charge in [0.25, 0.3) is 0 Å². The van der Waals surface area contributed by atoms with Crippen LogP contribution < -0.4 is 9.47 Å². The second kappa shape index (κ2) is 9.27. The number of rotatable bonds is 6. The van der Waals surface area contributed by atoms with Gasteiger partial charge >= 0.3 is 6.18 Å². The predicted octanol–water partition coefficient (Wildman–Crippen LogP) is 3.71. The second-order valence-electron chi connectivity index (χ2n) is 9.82. The van der Waals surface area contributed by atoms with Crippen LogP contribution in [0.1, 0.15) is 28.2 Å². The highest BCUT2D eigenvalue weighted by atomic mass is 19.4. The van der Waals surface area contributed by atoms with Crippen molar-refractivity contribution in [3.05, 3.63) is 89.2 Å². The smallest absolute Gasteiger partial charge is 0.401 e. The van der Waals surface area contributed by atoms with Crippen molar-refractivity contribution in [1.82, 2.24) is 9.88 Å². The molecular formula is C28H26F3N3O4. The zero-order chi connectivity index (χ0) is 27.3. The molecule has 0 amide bonds. The van der Waals surface area contributed by atoms with Crippen molar-refractivity contribution in [3.8, 4) is 17.6 Å². The SMILES string of the molecule is COc1cncc2c1[C@]1(O)[C@H](O)[C@H](CN(C)CC(F)(F)F)[C@@H](c3ccccc3)[C@]1(c1ccc(C#N)cc1)O2. The molecule has 2 aromatic carbocycles. The molecule has 0 saturated heterocycles. The number of hydrogen-bond acceptors (Lipinski definition) is 7. The lowest BCUT2D eigenvalue weighted by Crippen LogP contribution is -2.52. The van der Waals surface area contributed by atoms with Crippen molar-refractivity contribution >= 4 is 0 Å². The summed E-state index contributed by atoms with van der Waals surface area (Å²) in [7, 11) is 2.72. The summed E-state index contributed by atoms with van der Waals surface area (Å²) in [5.41, 5.74) is -2.14. The highest BCUT2D eigenvalue weighted by Gasteiger charge is 2.76. The van der Waals surface area contributed by atoms with E-state index in [1.54, 1.807) is 54.6 Å². The molecule has 2 heterocycles. The van der Waals surface area contributed by atoms with E-state index in [9.17, 15) is 28.6 Å². The Kier molecular flexibility index (Phi) is 6.34. The number of nitrogens with zero attached hydrogens (tertiary/aromatic N) is 3. The minimum Gasteiger partial charge on any atom is -0.495 e. The molecule has 0 spiro atoms. The lowest BCUT2D eigenvalue weighted by molar-refractivity contribution is -0.155. The van der Waals surface area contributed by atoms with E-state index in [-0.39, 0.29) is 23.6 Å². The average Bonchev–Trinajstić information content (AvgIpc) is 3.26. The first-order chi connectivity index (χ1) is 18.1. The van der Waals surface area contributed by atoms with Crippen molar-refractivity contribution in [1.29, 1.82) is 5.26 Å². The van der Waals surface area contributed by atoms with Gasteiger partial charge in [0, 0.05) is 18.4 Å². The number of ether oxygens (including phenoxy) is 2. The number of nitriles is 1. The van der Waals surface area contributed by atoms with Gasteiger partial charge < -0.3 is 19.7 Å². The number of pyridine rings is 1. The normalized spacial score (nSPS) is 27.9. The Balaban J connectivity index is 1.78. The van der Waals surface area contributed by atoms with Crippen LogP contribution in [0.5, 0.6) is 11.5 Å². The number of aromatic nitrogens is 1. The maximum absolute atomic E-state index is 13.3. The van der Waals surface area contributed by atoms with Gasteiger partial charge in [0.1, 0.15) is 11.5 Å². The molecule has 3 aromatic rings. The first-order valence-corrected chi connectivity index (χ1v) is 12.0. The van der Waals surface area contributed by atoms with Crippen LogP contribution in [-0.2, 0) is 11.2 Å². The number of fused-ring (bicyclic) bond motifs is 3. The first-order valence-electron chi connectivity index (χ1n) is 12.0. The minimum absolute atomic E-state index is 0.175. The molecule has 38 heavy (non-hydrogen) atoms. The van der Waals surface area contributed by atoms with E-state index in [0.717, 1.165) is 4.90 Å². The quantitative estimate of drug-likeness (QED) is 0.506. The molecule has 0 bridgehead atoms. The fourth-order valence-electron chi connectivity index (χ4n) is 6.26. The van der Waals surface area contributed by atoms with Crippen molar-refractivity contribution < 1.29 is 32.9 Å². The van der Waals surface area contributed by atoms with Crippen LogP contribution in [0.15, 0.2) is 67.0 Å². The Morgan fingerprint density at radius 1 is 1.13 bits per heavy atom. The Morgan fingerprint density at radius 3 is 2.42 bits per heavy atom. The molecule has 7 nitrogen and oxygen atoms in total. The summed E-state index contributed by atoms with van der Waals surface area (Å²) < 4.78 is 51.9. The lowest BCUT2D eigenvalue weighted by atomic mass is 9.70. The highest BCUT2D eigenvalue weighted by Crippen LogP contribution is 2.69. The molecule has 5 rings (SSSR count). The van der Waals surface area contributed by atoms with Crippen LogP contribution in [0.3, 0.4) is 0 Å². The van der Waals surface area contributed by atoms with Crippen LogP contribution in [0.4, 0.5) is 13.2 Å². The summed E-state index contributed by atoms with van der Waals surface area (Å²) in [6.45, 7) is -1.38. The van der Waals surface area contributed by atoms with E-state index in [4.69, 9.17) is 9.47 Å². The van der Waals surface area contributed by atoms with Crippen molar-refractivity contribution in [2.24, 2.45) is 5.92 Å². The molecule has 1 fully saturated rings. The van der Waals surface area contributed by atoms with Gasteiger partial charge in [0.2, 0.25) is 0 Å². The zero-order valence-electron chi connectivity index (χ0n) is 20.7. The number of alkyl halides is 3. The van der Waals surface area contributed by atoms with E-state index in [1.165, 1.54) is 26.6 Å². The molecule has 198 valence electrons. The fraction of sp³-hybridized carbons (Fsp3) is 0.357. The van der Waals surface area contributed by atoms with Gasteiger partial charge in [0.15, 0.2) is 11.2 Å². The third-order valence-corrected chi connectivity index (χ3v) is 7.59. The van der Waals surface area contributed by atoms with Crippen LogP contribution in [0.2, 0.25) is 0 Å². The van der Waals surface area contributed by atoms with E-state index in [0.29, 0.717) is 16.7 Å². The van der Waals surface area contributed by atoms with Gasteiger partial charge in [-0.15, -0.1) is 0 Å². The van der Waals surface area contributed by atoms with Gasteiger partial charge in [-0.2, -0.15) is 18.4 Å². The molecule has 0 unspecified atom stereocenters. The van der Waals surface area contributed by atoms with Crippen molar-refractivity contribution in [3.63, 3.8) is 0 Å². The first kappa shape index (κ1) is 26.0. The maximum Gasteiger partial charge on any atom is 0.401 e. The number of aliphatic hydroxyl groups is 2. The highest BCUT2D eigenvalue weighted by molar-refractivity contribution is 5.59. The van der Waals surface area contributed by atoms with Gasteiger partial charge in [-0.25, -0.2) is 0 Å². The summed E-state index contributed by atoms with van der Waals surface area (Å²) in [6.07, 6.45) is -3.20. The van der Waals surface area contributed by atoms with Crippen LogP contribution in [0, 0.1) is 17.2 Å². The summed E-state index contributed by atoms with van der Waals surface area (Å²) in [5, 5.41) is 33.9. The maximum atomic E-state index is 13.3. The Bertz CT molecular complexity index is 1360. The number of methoxy groups -OCH3 is 1. The van der Waals surface area contributed by atoms with Gasteiger partial charge in [-0.05, 0) is 30.3 Å². The second-order valence-corrected chi connectivity index (χ2v) is 9.82. The number of hydrogen-bond donors (Lipinski definition) is 2. The van der Waals surface area contributed by atoms with Gasteiger partial charge in [-0.3, -0.25) is 9.88 Å². The third kappa shape index (κ3) is 3.81. The van der Waals surface area contributed by atoms with Crippen LogP contribution in [0.25, 0.3) is 0 Å². The average molecular weight is 526 g/mol. The Hall–Kier alpha value is -3.65. The summed E-state index contributed by atoms with van der Waals surface area (Å²) in [5.74, 6) is -1.32. The molecule has 1 aromatic heterocycles. The monoisotopic (exact) mass is 525 g/mol. The molecule has 2 aliphatic rings. The lowest BCUT2D eigenvalue weighted by Gasteiger charge is -2.41. The number of benzene rings is 2. The van der Waals surface area contributed by atoms with Crippen molar-refractivity contribution in [2.75, 3.05) is 27.2 Å². The molecule has 2 N–H and O–H groups in total. The molecule has 0 radical (unpaired) electrons.